The van der Waals surface area contributed by atoms with E-state index in [2.05, 4.69) is 22.9 Å². The van der Waals surface area contributed by atoms with E-state index in [1.54, 1.807) is 12.3 Å². The lowest BCUT2D eigenvalue weighted by Crippen LogP contribution is -2.10. The van der Waals surface area contributed by atoms with E-state index in [0.29, 0.717) is 17.9 Å². The molecule has 2 N–H and O–H groups in total. The van der Waals surface area contributed by atoms with Crippen molar-refractivity contribution in [2.75, 3.05) is 14.1 Å². The molecule has 168 valence electrons. The Morgan fingerprint density at radius 2 is 1.97 bits per heavy atom. The van der Waals surface area contributed by atoms with Crippen molar-refractivity contribution >= 4 is 5.97 Å². The van der Waals surface area contributed by atoms with Gasteiger partial charge in [0.25, 0.3) is 0 Å². The van der Waals surface area contributed by atoms with Gasteiger partial charge in [0.15, 0.2) is 0 Å². The molecule has 5 nitrogen and oxygen atoms in total. The van der Waals surface area contributed by atoms with E-state index in [0.717, 1.165) is 24.1 Å². The first-order chi connectivity index (χ1) is 15.0. The zero-order valence-corrected chi connectivity index (χ0v) is 19.3. The van der Waals surface area contributed by atoms with Gasteiger partial charge >= 0.3 is 5.97 Å². The lowest BCUT2D eigenvalue weighted by Gasteiger charge is -2.24. The maximum absolute atomic E-state index is 11.7. The molecule has 1 saturated carbocycles. The van der Waals surface area contributed by atoms with Crippen LogP contribution in [0.4, 0.5) is 0 Å². The number of carboxylic acids is 1. The van der Waals surface area contributed by atoms with Crippen molar-refractivity contribution in [2.24, 2.45) is 0 Å². The first-order valence-electron chi connectivity index (χ1n) is 11.5. The summed E-state index contributed by atoms with van der Waals surface area (Å²) < 4.78 is 7.86. The quantitative estimate of drug-likeness (QED) is 0.660. The number of allylic oxidation sites excluding steroid dienone is 2. The van der Waals surface area contributed by atoms with Gasteiger partial charge in [-0.2, -0.15) is 0 Å². The molecule has 0 aromatic carbocycles. The van der Waals surface area contributed by atoms with Gasteiger partial charge in [-0.3, -0.25) is 0 Å². The Bertz CT molecular complexity index is 942. The number of carbonyl (C=O) groups is 1. The van der Waals surface area contributed by atoms with Crippen LogP contribution in [-0.4, -0.2) is 29.7 Å². The second kappa shape index (κ2) is 10.7. The van der Waals surface area contributed by atoms with Gasteiger partial charge in [0.2, 0.25) is 0 Å². The second-order valence-electron chi connectivity index (χ2n) is 8.56. The van der Waals surface area contributed by atoms with Gasteiger partial charge in [0.05, 0.1) is 23.8 Å². The minimum atomic E-state index is -0.839. The smallest absolute Gasteiger partial charge is 0.335 e. The molecule has 0 saturated heterocycles. The van der Waals surface area contributed by atoms with Crippen LogP contribution < -0.4 is 5.32 Å². The normalized spacial score (nSPS) is 19.2. The monoisotopic (exact) mass is 424 g/mol. The van der Waals surface area contributed by atoms with E-state index in [9.17, 15) is 9.90 Å². The van der Waals surface area contributed by atoms with Crippen LogP contribution in [0.15, 0.2) is 46.3 Å². The summed E-state index contributed by atoms with van der Waals surface area (Å²) in [6, 6.07) is 2.06. The molecule has 0 aliphatic heterocycles. The second-order valence-corrected chi connectivity index (χ2v) is 8.56. The number of hydrogen-bond donors (Lipinski definition) is 2. The van der Waals surface area contributed by atoms with Crippen LogP contribution in [0.2, 0.25) is 0 Å². The molecule has 31 heavy (non-hydrogen) atoms. The molecule has 5 heteroatoms. The van der Waals surface area contributed by atoms with Crippen molar-refractivity contribution in [3.63, 3.8) is 0 Å². The lowest BCUT2D eigenvalue weighted by molar-refractivity contribution is -0.132. The summed E-state index contributed by atoms with van der Waals surface area (Å²) in [5.74, 6) is -0.259. The van der Waals surface area contributed by atoms with Gasteiger partial charge in [0, 0.05) is 24.2 Å². The molecule has 0 radical (unpaired) electrons. The van der Waals surface area contributed by atoms with Gasteiger partial charge < -0.3 is 19.4 Å². The average Bonchev–Trinajstić information content (AvgIpc) is 3.37. The summed E-state index contributed by atoms with van der Waals surface area (Å²) in [5.41, 5.74) is 7.94. The first kappa shape index (κ1) is 23.1. The van der Waals surface area contributed by atoms with Gasteiger partial charge in [-0.05, 0) is 70.3 Å². The third kappa shape index (κ3) is 4.87. The number of aromatic nitrogens is 1. The SMILES string of the molecule is CCn1c2c(c(C3CCCCC3)c1-c1ccoc1)CC=C/C(C(=O)O)=C(/C)C2.CNC. The Morgan fingerprint density at radius 1 is 1.26 bits per heavy atom. The fraction of sp³-hybridized carbons (Fsp3) is 0.500. The Balaban J connectivity index is 0.000000858. The molecule has 2 aromatic heterocycles. The lowest BCUT2D eigenvalue weighted by atomic mass is 9.80. The highest BCUT2D eigenvalue weighted by Crippen LogP contribution is 2.44. The van der Waals surface area contributed by atoms with Crippen LogP contribution >= 0.6 is 0 Å². The Kier molecular flexibility index (Phi) is 7.97. The number of hydrogen-bond acceptors (Lipinski definition) is 3. The molecule has 0 bridgehead atoms. The largest absolute Gasteiger partial charge is 0.478 e. The van der Waals surface area contributed by atoms with Crippen molar-refractivity contribution in [3.8, 4) is 11.3 Å². The predicted octanol–water partition coefficient (Wildman–Crippen LogP) is 5.71. The van der Waals surface area contributed by atoms with Gasteiger partial charge in [-0.15, -0.1) is 0 Å². The number of carboxylic acid groups (broad SMARTS) is 1. The molecule has 0 amide bonds. The zero-order chi connectivity index (χ0) is 22.4. The fourth-order valence-electron chi connectivity index (χ4n) is 5.10. The number of rotatable bonds is 4. The fourth-order valence-corrected chi connectivity index (χ4v) is 5.10. The minimum absolute atomic E-state index is 0.429. The van der Waals surface area contributed by atoms with E-state index >= 15 is 0 Å². The van der Waals surface area contributed by atoms with E-state index in [1.165, 1.54) is 54.6 Å². The van der Waals surface area contributed by atoms with E-state index in [1.807, 2.05) is 33.4 Å². The van der Waals surface area contributed by atoms with E-state index < -0.39 is 5.97 Å². The third-order valence-corrected chi connectivity index (χ3v) is 6.38. The number of furan rings is 1. The highest BCUT2D eigenvalue weighted by Gasteiger charge is 2.30. The van der Waals surface area contributed by atoms with Gasteiger partial charge in [-0.1, -0.05) is 37.0 Å². The summed E-state index contributed by atoms with van der Waals surface area (Å²) in [6.07, 6.45) is 15.3. The molecule has 2 aliphatic rings. The van der Waals surface area contributed by atoms with Crippen molar-refractivity contribution in [1.82, 2.24) is 9.88 Å². The van der Waals surface area contributed by atoms with E-state index in [4.69, 9.17) is 4.42 Å². The number of nitrogens with zero attached hydrogens (tertiary/aromatic N) is 1. The number of nitrogens with one attached hydrogen (secondary N) is 1. The molecule has 0 atom stereocenters. The van der Waals surface area contributed by atoms with Crippen molar-refractivity contribution in [1.29, 1.82) is 0 Å². The highest BCUT2D eigenvalue weighted by atomic mass is 16.4. The average molecular weight is 425 g/mol. The van der Waals surface area contributed by atoms with Crippen molar-refractivity contribution in [2.45, 2.75) is 71.3 Å². The van der Waals surface area contributed by atoms with Crippen molar-refractivity contribution in [3.05, 3.63) is 58.7 Å². The molecule has 1 fully saturated rings. The summed E-state index contributed by atoms with van der Waals surface area (Å²) in [7, 11) is 3.75. The van der Waals surface area contributed by atoms with Crippen LogP contribution in [-0.2, 0) is 24.2 Å². The van der Waals surface area contributed by atoms with Crippen LogP contribution in [0.3, 0.4) is 0 Å². The standard InChI is InChI=1S/C24H29NO3.C2H7N/c1-3-25-21-14-16(2)19(24(26)27)10-7-11-20(21)22(17-8-5-4-6-9-17)23(25)18-12-13-28-15-18;1-3-2/h7,10,12-13,15,17H,3-6,8-9,11,14H2,1-2H3,(H,26,27);3H,1-2H3/b10-7?,19-16+;. The maximum atomic E-state index is 11.7. The summed E-state index contributed by atoms with van der Waals surface area (Å²) in [4.78, 5) is 11.7. The molecule has 2 aromatic rings. The van der Waals surface area contributed by atoms with Crippen molar-refractivity contribution < 1.29 is 14.3 Å². The van der Waals surface area contributed by atoms with Gasteiger partial charge in [-0.25, -0.2) is 4.79 Å². The summed E-state index contributed by atoms with van der Waals surface area (Å²) >= 11 is 0. The Hall–Kier alpha value is -2.53. The molecule has 0 unspecified atom stereocenters. The van der Waals surface area contributed by atoms with Crippen LogP contribution in [0.5, 0.6) is 0 Å². The Morgan fingerprint density at radius 3 is 2.55 bits per heavy atom. The third-order valence-electron chi connectivity index (χ3n) is 6.38. The highest BCUT2D eigenvalue weighted by molar-refractivity contribution is 5.91. The first-order valence-corrected chi connectivity index (χ1v) is 11.5. The predicted molar refractivity (Wildman–Crippen MR) is 126 cm³/mol. The molecule has 4 rings (SSSR count). The van der Waals surface area contributed by atoms with Crippen LogP contribution in [0.25, 0.3) is 11.3 Å². The minimum Gasteiger partial charge on any atom is -0.478 e. The summed E-state index contributed by atoms with van der Waals surface area (Å²) in [6.45, 7) is 5.00. The Labute approximate surface area is 185 Å². The topological polar surface area (TPSA) is 67.4 Å². The molecule has 2 aliphatic carbocycles. The molecule has 2 heterocycles. The van der Waals surface area contributed by atoms with Gasteiger partial charge in [0.1, 0.15) is 0 Å². The zero-order valence-electron chi connectivity index (χ0n) is 19.3. The van der Waals surface area contributed by atoms with E-state index in [-0.39, 0.29) is 0 Å². The van der Waals surface area contributed by atoms with Crippen LogP contribution in [0, 0.1) is 0 Å². The number of fused-ring (bicyclic) bond motifs is 1. The maximum Gasteiger partial charge on any atom is 0.335 e. The molecule has 0 spiro atoms. The number of aliphatic carboxylic acids is 1. The van der Waals surface area contributed by atoms with Crippen LogP contribution in [0.1, 0.15) is 68.7 Å². The summed E-state index contributed by atoms with van der Waals surface area (Å²) in [5, 5.41) is 12.3. The molecular formula is C26H36N2O3. The molecular weight excluding hydrogens is 388 g/mol.